The number of methoxy groups -OCH3 is 1. The van der Waals surface area contributed by atoms with E-state index in [1.807, 2.05) is 20.8 Å². The predicted octanol–water partition coefficient (Wildman–Crippen LogP) is 4.32. The van der Waals surface area contributed by atoms with Crippen LogP contribution < -0.4 is 15.4 Å². The van der Waals surface area contributed by atoms with Crippen LogP contribution in [0.4, 0.5) is 5.82 Å². The van der Waals surface area contributed by atoms with Crippen LogP contribution in [0.15, 0.2) is 22.7 Å². The van der Waals surface area contributed by atoms with Crippen LogP contribution in [0, 0.1) is 20.8 Å². The van der Waals surface area contributed by atoms with Crippen LogP contribution in [0.3, 0.4) is 0 Å². The molecule has 36 heavy (non-hydrogen) atoms. The number of ether oxygens (including phenoxy) is 2. The number of aliphatic hydroxyl groups is 1. The number of aryl methyl sites for hydroxylation is 2. The highest BCUT2D eigenvalue weighted by Gasteiger charge is 2.41. The number of aliphatic hydroxyl groups excluding tert-OH is 1. The summed E-state index contributed by atoms with van der Waals surface area (Å²) in [4.78, 5) is 9.80. The van der Waals surface area contributed by atoms with Crippen LogP contribution in [0.2, 0.25) is 5.02 Å². The van der Waals surface area contributed by atoms with E-state index in [4.69, 9.17) is 35.6 Å². The van der Waals surface area contributed by atoms with Crippen LogP contribution in [0.1, 0.15) is 36.8 Å². The van der Waals surface area contributed by atoms with Crippen molar-refractivity contribution in [2.45, 2.75) is 58.3 Å². The minimum absolute atomic E-state index is 0.126. The number of anilines is 1. The van der Waals surface area contributed by atoms with Crippen LogP contribution in [0.5, 0.6) is 5.75 Å². The Morgan fingerprint density at radius 3 is 2.64 bits per heavy atom. The molecule has 3 aromatic rings. The SMILES string of the molecule is CNCC(O)COc1ccc(Cl)c(-c2nc(NC3CC(C)(OC)C3)c(C)c(-c3c(C)noc3C)n2)c1. The van der Waals surface area contributed by atoms with Gasteiger partial charge in [0.1, 0.15) is 30.0 Å². The topological polar surface area (TPSA) is 115 Å². The second-order valence-corrected chi connectivity index (χ2v) is 10.0. The lowest BCUT2D eigenvalue weighted by atomic mass is 9.77. The molecule has 10 heteroatoms. The molecule has 1 atom stereocenters. The first kappa shape index (κ1) is 26.3. The average molecular weight is 516 g/mol. The number of likely N-dealkylation sites (N-methyl/N-ethyl adjacent to an activating group) is 1. The monoisotopic (exact) mass is 515 g/mol. The third kappa shape index (κ3) is 5.49. The zero-order valence-corrected chi connectivity index (χ0v) is 22.4. The number of hydrogen-bond donors (Lipinski definition) is 3. The molecule has 3 N–H and O–H groups in total. The van der Waals surface area contributed by atoms with Crippen LogP contribution >= 0.6 is 11.6 Å². The molecule has 194 valence electrons. The standard InChI is InChI=1S/C26H34ClN5O4/c1-14-23(22-15(2)32-36-16(22)3)30-25(31-24(14)29-17-10-26(4,11-17)34-6)20-9-19(7-8-21(20)27)35-13-18(33)12-28-5/h7-9,17-18,28,33H,10-13H2,1-6H3,(H,29,30,31). The molecular weight excluding hydrogens is 482 g/mol. The van der Waals surface area contributed by atoms with Gasteiger partial charge < -0.3 is 29.7 Å². The summed E-state index contributed by atoms with van der Waals surface area (Å²) >= 11 is 6.61. The fourth-order valence-corrected chi connectivity index (χ4v) is 4.74. The normalized spacial score (nSPS) is 20.2. The van der Waals surface area contributed by atoms with Gasteiger partial charge in [0.05, 0.1) is 27.6 Å². The van der Waals surface area contributed by atoms with Gasteiger partial charge in [-0.05, 0) is 65.8 Å². The Hall–Kier alpha value is -2.72. The lowest BCUT2D eigenvalue weighted by Gasteiger charge is -2.44. The van der Waals surface area contributed by atoms with E-state index in [0.29, 0.717) is 34.5 Å². The molecule has 1 aromatic carbocycles. The maximum atomic E-state index is 10.0. The van der Waals surface area contributed by atoms with Crippen LogP contribution in [-0.2, 0) is 4.74 Å². The van der Waals surface area contributed by atoms with Crippen molar-refractivity contribution in [3.63, 3.8) is 0 Å². The summed E-state index contributed by atoms with van der Waals surface area (Å²) in [6, 6.07) is 5.54. The zero-order chi connectivity index (χ0) is 26.0. The highest BCUT2D eigenvalue weighted by atomic mass is 35.5. The maximum absolute atomic E-state index is 10.0. The summed E-state index contributed by atoms with van der Waals surface area (Å²) in [5.41, 5.74) is 3.73. The second kappa shape index (κ2) is 10.7. The van der Waals surface area contributed by atoms with E-state index < -0.39 is 6.10 Å². The van der Waals surface area contributed by atoms with Crippen molar-refractivity contribution in [2.75, 3.05) is 32.6 Å². The Morgan fingerprint density at radius 1 is 1.25 bits per heavy atom. The highest BCUT2D eigenvalue weighted by molar-refractivity contribution is 6.33. The number of benzene rings is 1. The molecule has 0 saturated heterocycles. The molecule has 1 aliphatic carbocycles. The van der Waals surface area contributed by atoms with Crippen LogP contribution in [0.25, 0.3) is 22.6 Å². The van der Waals surface area contributed by atoms with Gasteiger partial charge in [-0.3, -0.25) is 0 Å². The van der Waals surface area contributed by atoms with Crippen molar-refractivity contribution in [1.82, 2.24) is 20.4 Å². The van der Waals surface area contributed by atoms with Crippen molar-refractivity contribution >= 4 is 17.4 Å². The second-order valence-electron chi connectivity index (χ2n) is 9.64. The molecule has 1 unspecified atom stereocenters. The molecule has 1 aliphatic rings. The minimum atomic E-state index is -0.632. The Labute approximate surface area is 216 Å². The summed E-state index contributed by atoms with van der Waals surface area (Å²) in [7, 11) is 3.52. The molecule has 1 fully saturated rings. The molecule has 9 nitrogen and oxygen atoms in total. The van der Waals surface area contributed by atoms with Gasteiger partial charge in [0.15, 0.2) is 5.82 Å². The van der Waals surface area contributed by atoms with Crippen molar-refractivity contribution < 1.29 is 19.1 Å². The van der Waals surface area contributed by atoms with E-state index in [2.05, 4.69) is 22.7 Å². The Kier molecular flexibility index (Phi) is 7.85. The van der Waals surface area contributed by atoms with Gasteiger partial charge in [-0.15, -0.1) is 0 Å². The molecule has 1 saturated carbocycles. The van der Waals surface area contributed by atoms with Gasteiger partial charge in [0.2, 0.25) is 0 Å². The van der Waals surface area contributed by atoms with Crippen LogP contribution in [-0.4, -0.2) is 65.3 Å². The number of hydrogen-bond acceptors (Lipinski definition) is 9. The van der Waals surface area contributed by atoms with Gasteiger partial charge in [-0.2, -0.15) is 0 Å². The molecule has 0 amide bonds. The summed E-state index contributed by atoms with van der Waals surface area (Å²) in [5.74, 6) is 2.43. The average Bonchev–Trinajstić information content (AvgIpc) is 3.16. The van der Waals surface area contributed by atoms with Crippen molar-refractivity contribution in [2.24, 2.45) is 0 Å². The summed E-state index contributed by atoms with van der Waals surface area (Å²) < 4.78 is 16.9. The van der Waals surface area contributed by atoms with E-state index in [-0.39, 0.29) is 18.2 Å². The van der Waals surface area contributed by atoms with E-state index in [1.165, 1.54) is 0 Å². The number of rotatable bonds is 10. The predicted molar refractivity (Wildman–Crippen MR) is 140 cm³/mol. The number of nitrogens with zero attached hydrogens (tertiary/aromatic N) is 3. The Morgan fingerprint density at radius 2 is 2.00 bits per heavy atom. The van der Waals surface area contributed by atoms with Crippen molar-refractivity contribution in [3.05, 3.63) is 40.2 Å². The molecule has 0 spiro atoms. The number of halogens is 1. The molecule has 0 radical (unpaired) electrons. The maximum Gasteiger partial charge on any atom is 0.163 e. The summed E-state index contributed by atoms with van der Waals surface area (Å²) in [6.07, 6.45) is 1.12. The summed E-state index contributed by atoms with van der Waals surface area (Å²) in [6.45, 7) is 8.45. The van der Waals surface area contributed by atoms with E-state index in [9.17, 15) is 5.11 Å². The molecule has 2 heterocycles. The number of nitrogens with one attached hydrogen (secondary N) is 2. The summed E-state index contributed by atoms with van der Waals surface area (Å²) in [5, 5.41) is 21.1. The fourth-order valence-electron chi connectivity index (χ4n) is 4.54. The van der Waals surface area contributed by atoms with Crippen molar-refractivity contribution in [3.8, 4) is 28.4 Å². The molecule has 0 bridgehead atoms. The minimum Gasteiger partial charge on any atom is -0.491 e. The van der Waals surface area contributed by atoms with Gasteiger partial charge in [-0.1, -0.05) is 16.8 Å². The van der Waals surface area contributed by atoms with E-state index >= 15 is 0 Å². The Bertz CT molecular complexity index is 1210. The molecule has 2 aromatic heterocycles. The van der Waals surface area contributed by atoms with Gasteiger partial charge in [0.25, 0.3) is 0 Å². The van der Waals surface area contributed by atoms with Crippen molar-refractivity contribution in [1.29, 1.82) is 0 Å². The molecular formula is C26H34ClN5O4. The van der Waals surface area contributed by atoms with Gasteiger partial charge >= 0.3 is 0 Å². The smallest absolute Gasteiger partial charge is 0.163 e. The lowest BCUT2D eigenvalue weighted by molar-refractivity contribution is -0.0625. The highest BCUT2D eigenvalue weighted by Crippen LogP contribution is 2.40. The third-order valence-corrected chi connectivity index (χ3v) is 7.00. The van der Waals surface area contributed by atoms with E-state index in [0.717, 1.165) is 41.2 Å². The van der Waals surface area contributed by atoms with E-state index in [1.54, 1.807) is 32.4 Å². The lowest BCUT2D eigenvalue weighted by Crippen LogP contribution is -2.49. The quantitative estimate of drug-likeness (QED) is 0.363. The molecule has 4 rings (SSSR count). The van der Waals surface area contributed by atoms with Gasteiger partial charge in [-0.25, -0.2) is 9.97 Å². The first-order valence-corrected chi connectivity index (χ1v) is 12.4. The fraction of sp³-hybridized carbons (Fsp3) is 0.500. The molecule has 0 aliphatic heterocycles. The Balaban J connectivity index is 1.73. The zero-order valence-electron chi connectivity index (χ0n) is 21.6. The number of aromatic nitrogens is 3. The largest absolute Gasteiger partial charge is 0.491 e. The first-order chi connectivity index (χ1) is 17.1. The first-order valence-electron chi connectivity index (χ1n) is 12.0. The van der Waals surface area contributed by atoms with Gasteiger partial charge in [0, 0.05) is 30.8 Å². The third-order valence-electron chi connectivity index (χ3n) is 6.67.